The van der Waals surface area contributed by atoms with E-state index in [1.54, 1.807) is 6.92 Å². The van der Waals surface area contributed by atoms with Crippen molar-refractivity contribution < 1.29 is 14.6 Å². The fraction of sp³-hybridized carbons (Fsp3) is 0.533. The quantitative estimate of drug-likeness (QED) is 0.668. The zero-order valence-corrected chi connectivity index (χ0v) is 12.6. The maximum atomic E-state index is 12.4. The molecule has 1 aliphatic rings. The Balaban J connectivity index is 2.33. The van der Waals surface area contributed by atoms with Gasteiger partial charge in [0.1, 0.15) is 5.41 Å². The van der Waals surface area contributed by atoms with Gasteiger partial charge in [-0.2, -0.15) is 0 Å². The minimum absolute atomic E-state index is 0.278. The lowest BCUT2D eigenvalue weighted by Gasteiger charge is -2.30. The summed E-state index contributed by atoms with van der Waals surface area (Å²) in [6.45, 7) is 2.14. The molecule has 19 heavy (non-hydrogen) atoms. The first-order chi connectivity index (χ1) is 9.15. The summed E-state index contributed by atoms with van der Waals surface area (Å²) in [6.07, 6.45) is 1.27. The van der Waals surface area contributed by atoms with Crippen molar-refractivity contribution >= 4 is 21.9 Å². The van der Waals surface area contributed by atoms with Gasteiger partial charge in [0, 0.05) is 5.33 Å². The number of halogens is 1. The Labute approximate surface area is 122 Å². The number of fused-ring (bicyclic) bond motifs is 1. The maximum absolute atomic E-state index is 12.4. The molecule has 0 fully saturated rings. The van der Waals surface area contributed by atoms with Crippen LogP contribution in [0.5, 0.6) is 0 Å². The van der Waals surface area contributed by atoms with Crippen molar-refractivity contribution in [2.45, 2.75) is 32.3 Å². The van der Waals surface area contributed by atoms with Gasteiger partial charge < -0.3 is 9.84 Å². The summed E-state index contributed by atoms with van der Waals surface area (Å²) in [5, 5.41) is 11.4. The lowest BCUT2D eigenvalue weighted by molar-refractivity contribution is -0.163. The SMILES string of the molecule is CCOC(=O)C1(CCCBr)Cc2ccccc2C1O. The molecule has 4 heteroatoms. The minimum atomic E-state index is -0.812. The summed E-state index contributed by atoms with van der Waals surface area (Å²) in [7, 11) is 0. The molecule has 0 saturated carbocycles. The van der Waals surface area contributed by atoms with Gasteiger partial charge in [-0.1, -0.05) is 40.2 Å². The first-order valence-electron chi connectivity index (χ1n) is 6.64. The largest absolute Gasteiger partial charge is 0.465 e. The third-order valence-corrected chi connectivity index (χ3v) is 4.38. The summed E-state index contributed by atoms with van der Waals surface area (Å²) >= 11 is 3.39. The van der Waals surface area contributed by atoms with Crippen molar-refractivity contribution in [3.8, 4) is 0 Å². The molecule has 2 rings (SSSR count). The van der Waals surface area contributed by atoms with Gasteiger partial charge in [0.25, 0.3) is 0 Å². The molecule has 1 aromatic carbocycles. The summed E-state index contributed by atoms with van der Waals surface area (Å²) in [4.78, 5) is 12.4. The van der Waals surface area contributed by atoms with Crippen molar-refractivity contribution in [1.82, 2.24) is 0 Å². The third-order valence-electron chi connectivity index (χ3n) is 3.82. The van der Waals surface area contributed by atoms with E-state index in [1.807, 2.05) is 24.3 Å². The standard InChI is InChI=1S/C15H19BrO3/c1-2-19-14(18)15(8-5-9-16)10-11-6-3-4-7-12(11)13(15)17/h3-4,6-7,13,17H,2,5,8-10H2,1H3. The molecular weight excluding hydrogens is 308 g/mol. The van der Waals surface area contributed by atoms with Crippen LogP contribution < -0.4 is 0 Å². The number of esters is 1. The molecule has 104 valence electrons. The van der Waals surface area contributed by atoms with Crippen molar-refractivity contribution in [3.05, 3.63) is 35.4 Å². The molecule has 0 bridgehead atoms. The highest BCUT2D eigenvalue weighted by Gasteiger charge is 2.51. The Morgan fingerprint density at radius 1 is 1.53 bits per heavy atom. The van der Waals surface area contributed by atoms with Gasteiger partial charge in [0.05, 0.1) is 12.7 Å². The second-order valence-electron chi connectivity index (χ2n) is 4.95. The van der Waals surface area contributed by atoms with Crippen molar-refractivity contribution in [1.29, 1.82) is 0 Å². The van der Waals surface area contributed by atoms with E-state index in [0.29, 0.717) is 19.4 Å². The lowest BCUT2D eigenvalue weighted by Crippen LogP contribution is -2.37. The summed E-state index contributed by atoms with van der Waals surface area (Å²) in [5.74, 6) is -0.278. The van der Waals surface area contributed by atoms with Gasteiger partial charge in [-0.05, 0) is 37.3 Å². The molecule has 0 spiro atoms. The number of hydrogen-bond acceptors (Lipinski definition) is 3. The Morgan fingerprint density at radius 3 is 2.89 bits per heavy atom. The number of aliphatic hydroxyl groups is 1. The Morgan fingerprint density at radius 2 is 2.26 bits per heavy atom. The van der Waals surface area contributed by atoms with Gasteiger partial charge >= 0.3 is 5.97 Å². The van der Waals surface area contributed by atoms with Crippen LogP contribution in [0.2, 0.25) is 0 Å². The van der Waals surface area contributed by atoms with Crippen LogP contribution in [0.15, 0.2) is 24.3 Å². The maximum Gasteiger partial charge on any atom is 0.315 e. The van der Waals surface area contributed by atoms with Crippen molar-refractivity contribution in [2.24, 2.45) is 5.41 Å². The molecule has 2 unspecified atom stereocenters. The first-order valence-corrected chi connectivity index (χ1v) is 7.77. The Bertz CT molecular complexity index is 460. The smallest absolute Gasteiger partial charge is 0.315 e. The van der Waals surface area contributed by atoms with E-state index in [1.165, 1.54) is 0 Å². The summed E-state index contributed by atoms with van der Waals surface area (Å²) in [5.41, 5.74) is 1.11. The monoisotopic (exact) mass is 326 g/mol. The van der Waals surface area contributed by atoms with Crippen LogP contribution in [0.3, 0.4) is 0 Å². The van der Waals surface area contributed by atoms with E-state index >= 15 is 0 Å². The average Bonchev–Trinajstić information content (AvgIpc) is 2.71. The average molecular weight is 327 g/mol. The van der Waals surface area contributed by atoms with Crippen LogP contribution in [0.25, 0.3) is 0 Å². The molecule has 2 atom stereocenters. The second-order valence-corrected chi connectivity index (χ2v) is 5.74. The molecule has 1 aromatic rings. The van der Waals surface area contributed by atoms with Gasteiger partial charge in [0.15, 0.2) is 0 Å². The molecule has 1 aliphatic carbocycles. The molecule has 0 aromatic heterocycles. The number of ether oxygens (including phenoxy) is 1. The summed E-state index contributed by atoms with van der Waals surface area (Å²) < 4.78 is 5.21. The first kappa shape index (κ1) is 14.5. The number of aliphatic hydroxyl groups excluding tert-OH is 1. The predicted octanol–water partition coefficient (Wildman–Crippen LogP) is 3.00. The molecule has 0 amide bonds. The predicted molar refractivity (Wildman–Crippen MR) is 77.2 cm³/mol. The van der Waals surface area contributed by atoms with E-state index in [4.69, 9.17) is 4.74 Å². The zero-order chi connectivity index (χ0) is 13.9. The number of carbonyl (C=O) groups is 1. The van der Waals surface area contributed by atoms with Crippen LogP contribution in [-0.4, -0.2) is 23.0 Å². The van der Waals surface area contributed by atoms with Crippen LogP contribution >= 0.6 is 15.9 Å². The highest BCUT2D eigenvalue weighted by atomic mass is 79.9. The molecule has 1 N–H and O–H groups in total. The zero-order valence-electron chi connectivity index (χ0n) is 11.1. The van der Waals surface area contributed by atoms with Gasteiger partial charge in [-0.15, -0.1) is 0 Å². The molecule has 3 nitrogen and oxygen atoms in total. The van der Waals surface area contributed by atoms with E-state index in [-0.39, 0.29) is 5.97 Å². The topological polar surface area (TPSA) is 46.5 Å². The second kappa shape index (κ2) is 6.06. The number of carbonyl (C=O) groups excluding carboxylic acids is 1. The third kappa shape index (κ3) is 2.56. The highest BCUT2D eigenvalue weighted by molar-refractivity contribution is 9.09. The molecular formula is C15H19BrO3. The van der Waals surface area contributed by atoms with Crippen molar-refractivity contribution in [2.75, 3.05) is 11.9 Å². The molecule has 0 saturated heterocycles. The fourth-order valence-corrected chi connectivity index (χ4v) is 3.14. The molecule has 0 aliphatic heterocycles. The van der Waals surface area contributed by atoms with Gasteiger partial charge in [-0.3, -0.25) is 4.79 Å². The van der Waals surface area contributed by atoms with Crippen LogP contribution in [0, 0.1) is 5.41 Å². The minimum Gasteiger partial charge on any atom is -0.465 e. The number of benzene rings is 1. The van der Waals surface area contributed by atoms with Gasteiger partial charge in [-0.25, -0.2) is 0 Å². The van der Waals surface area contributed by atoms with Crippen LogP contribution in [0.1, 0.15) is 37.0 Å². The van der Waals surface area contributed by atoms with Crippen LogP contribution in [0.4, 0.5) is 0 Å². The summed E-state index contributed by atoms with van der Waals surface area (Å²) in [6, 6.07) is 7.72. The number of hydrogen-bond donors (Lipinski definition) is 1. The van der Waals surface area contributed by atoms with E-state index in [9.17, 15) is 9.90 Å². The van der Waals surface area contributed by atoms with E-state index in [2.05, 4.69) is 15.9 Å². The Hall–Kier alpha value is -0.870. The van der Waals surface area contributed by atoms with Crippen molar-refractivity contribution in [3.63, 3.8) is 0 Å². The Kier molecular flexibility index (Phi) is 4.63. The number of alkyl halides is 1. The number of rotatable bonds is 5. The van der Waals surface area contributed by atoms with E-state index in [0.717, 1.165) is 22.9 Å². The fourth-order valence-electron chi connectivity index (χ4n) is 2.86. The van der Waals surface area contributed by atoms with E-state index < -0.39 is 11.5 Å². The molecule has 0 heterocycles. The normalized spacial score (nSPS) is 25.1. The highest BCUT2D eigenvalue weighted by Crippen LogP contribution is 2.49. The molecule has 0 radical (unpaired) electrons. The lowest BCUT2D eigenvalue weighted by atomic mass is 9.78. The van der Waals surface area contributed by atoms with Crippen LogP contribution in [-0.2, 0) is 16.0 Å². The van der Waals surface area contributed by atoms with Gasteiger partial charge in [0.2, 0.25) is 0 Å².